The van der Waals surface area contributed by atoms with Crippen molar-refractivity contribution < 1.29 is 23.9 Å². The number of hydrogen-bond acceptors (Lipinski definition) is 5. The van der Waals surface area contributed by atoms with Gasteiger partial charge in [0, 0.05) is 30.2 Å². The molecule has 0 spiro atoms. The summed E-state index contributed by atoms with van der Waals surface area (Å²) in [6.45, 7) is 21.7. The first kappa shape index (κ1) is 31.7. The van der Waals surface area contributed by atoms with E-state index in [-0.39, 0.29) is 48.4 Å². The van der Waals surface area contributed by atoms with Crippen LogP contribution in [0.5, 0.6) is 0 Å². The van der Waals surface area contributed by atoms with Gasteiger partial charge >= 0.3 is 24.2 Å². The van der Waals surface area contributed by atoms with Crippen molar-refractivity contribution in [2.45, 2.75) is 119 Å². The highest BCUT2D eigenvalue weighted by molar-refractivity contribution is 5.94. The average Bonchev–Trinajstić information content (AvgIpc) is 2.51. The zero-order chi connectivity index (χ0) is 25.8. The Morgan fingerprint density at radius 2 is 0.812 bits per heavy atom. The van der Waals surface area contributed by atoms with Crippen LogP contribution in [-0.4, -0.2) is 70.3 Å². The zero-order valence-electron chi connectivity index (χ0n) is 21.9. The summed E-state index contributed by atoms with van der Waals surface area (Å²) >= 11 is 0. The van der Waals surface area contributed by atoms with E-state index in [1.54, 1.807) is 41.5 Å². The molecule has 0 heterocycles. The molecule has 0 aliphatic heterocycles. The van der Waals surface area contributed by atoms with Crippen LogP contribution < -0.4 is 16.0 Å². The number of imide groups is 2. The van der Waals surface area contributed by atoms with Gasteiger partial charge in [0.05, 0.1) is 6.10 Å². The summed E-state index contributed by atoms with van der Waals surface area (Å²) in [5, 5.41) is 8.07. The molecule has 32 heavy (non-hydrogen) atoms. The lowest BCUT2D eigenvalue weighted by Crippen LogP contribution is -2.54. The van der Waals surface area contributed by atoms with E-state index >= 15 is 0 Å². The molecule has 7 amide bonds. The quantitative estimate of drug-likeness (QED) is 0.547. The maximum Gasteiger partial charge on any atom is 0.418 e. The minimum absolute atomic E-state index is 0.0133. The topological polar surface area (TPSA) is 120 Å². The zero-order valence-corrected chi connectivity index (χ0v) is 21.9. The van der Waals surface area contributed by atoms with Gasteiger partial charge in [0.1, 0.15) is 0 Å². The fourth-order valence-electron chi connectivity index (χ4n) is 2.30. The van der Waals surface area contributed by atoms with Crippen molar-refractivity contribution >= 4 is 24.2 Å². The van der Waals surface area contributed by atoms with Crippen molar-refractivity contribution in [3.05, 3.63) is 0 Å². The lowest BCUT2D eigenvalue weighted by Gasteiger charge is -2.27. The van der Waals surface area contributed by atoms with Gasteiger partial charge in [0.2, 0.25) is 0 Å². The molecule has 188 valence electrons. The van der Waals surface area contributed by atoms with Gasteiger partial charge in [0.25, 0.3) is 0 Å². The fraction of sp³-hybridized carbons (Fsp3) is 0.818. The van der Waals surface area contributed by atoms with E-state index in [0.717, 1.165) is 4.90 Å². The molecule has 0 aliphatic carbocycles. The van der Waals surface area contributed by atoms with Gasteiger partial charge in [-0.1, -0.05) is 0 Å². The fourth-order valence-corrected chi connectivity index (χ4v) is 2.30. The van der Waals surface area contributed by atoms with E-state index in [0.29, 0.717) is 0 Å². The maximum absolute atomic E-state index is 11.8. The largest absolute Gasteiger partial charge is 0.446 e. The lowest BCUT2D eigenvalue weighted by atomic mass is 10.3. The molecule has 0 aromatic heterocycles. The normalized spacial score (nSPS) is 10.8. The lowest BCUT2D eigenvalue weighted by molar-refractivity contribution is 0.0774. The molecule has 0 radical (unpaired) electrons. The number of hydrogen-bond donors (Lipinski definition) is 3. The molecule has 0 fully saturated rings. The highest BCUT2D eigenvalue weighted by atomic mass is 16.6. The SMILES string of the molecule is CC(C)NC(=O)N(C(=O)NC(C)C)C(C)C.CC(C)NC(=O)N(C(=O)OC(C)C)C(C)C. The number of rotatable bonds is 6. The molecule has 0 aromatic carbocycles. The van der Waals surface area contributed by atoms with Crippen LogP contribution in [0.25, 0.3) is 0 Å². The van der Waals surface area contributed by atoms with E-state index < -0.39 is 12.1 Å². The van der Waals surface area contributed by atoms with Crippen molar-refractivity contribution in [2.75, 3.05) is 0 Å². The molecule has 0 rings (SSSR count). The van der Waals surface area contributed by atoms with E-state index in [1.165, 1.54) is 4.90 Å². The van der Waals surface area contributed by atoms with Gasteiger partial charge in [-0.05, 0) is 83.1 Å². The Labute approximate surface area is 193 Å². The number of amides is 7. The number of carbonyl (C=O) groups excluding carboxylic acids is 4. The maximum atomic E-state index is 11.8. The van der Waals surface area contributed by atoms with Crippen LogP contribution >= 0.6 is 0 Å². The molecule has 0 unspecified atom stereocenters. The molecule has 10 nitrogen and oxygen atoms in total. The van der Waals surface area contributed by atoms with Gasteiger partial charge in [-0.15, -0.1) is 0 Å². The summed E-state index contributed by atoms with van der Waals surface area (Å²) in [5.41, 5.74) is 0. The van der Waals surface area contributed by atoms with E-state index in [9.17, 15) is 19.2 Å². The van der Waals surface area contributed by atoms with Crippen molar-refractivity contribution in [3.8, 4) is 0 Å². The Morgan fingerprint density at radius 3 is 1.03 bits per heavy atom. The predicted molar refractivity (Wildman–Crippen MR) is 127 cm³/mol. The van der Waals surface area contributed by atoms with Crippen LogP contribution in [0.15, 0.2) is 0 Å². The molecule has 0 atom stereocenters. The molecule has 0 saturated carbocycles. The van der Waals surface area contributed by atoms with Crippen LogP contribution in [0.2, 0.25) is 0 Å². The number of nitrogens with one attached hydrogen (secondary N) is 3. The Bertz CT molecular complexity index is 508. The Kier molecular flexibility index (Phi) is 15.1. The van der Waals surface area contributed by atoms with Crippen LogP contribution in [0.1, 0.15) is 83.1 Å². The molecule has 0 aliphatic rings. The van der Waals surface area contributed by atoms with Crippen LogP contribution in [0.3, 0.4) is 0 Å². The number of ether oxygens (including phenoxy) is 1. The molecule has 3 N–H and O–H groups in total. The second-order valence-electron chi connectivity index (χ2n) is 9.17. The van der Waals surface area contributed by atoms with E-state index in [2.05, 4.69) is 16.0 Å². The van der Waals surface area contributed by atoms with E-state index in [1.807, 2.05) is 41.5 Å². The summed E-state index contributed by atoms with van der Waals surface area (Å²) in [6.07, 6.45) is -0.844. The number of nitrogens with zero attached hydrogens (tertiary/aromatic N) is 2. The average molecular weight is 460 g/mol. The van der Waals surface area contributed by atoms with Gasteiger partial charge in [-0.3, -0.25) is 0 Å². The van der Waals surface area contributed by atoms with Crippen molar-refractivity contribution in [2.24, 2.45) is 0 Å². The van der Waals surface area contributed by atoms with E-state index in [4.69, 9.17) is 4.74 Å². The standard InChI is InChI=1S/C11H23N3O2.C11H22N2O3/c1-7(2)12-10(15)14(9(5)6)11(16)13-8(3)4;1-7(2)12-10(14)13(8(3)4)11(15)16-9(5)6/h7-9H,1-6H3,(H,12,15)(H,13,16);7-9H,1-6H3,(H,12,14). The van der Waals surface area contributed by atoms with Gasteiger partial charge < -0.3 is 20.7 Å². The number of carbonyl (C=O) groups is 4. The summed E-state index contributed by atoms with van der Waals surface area (Å²) in [4.78, 5) is 49.2. The summed E-state index contributed by atoms with van der Waals surface area (Å²) < 4.78 is 5.00. The third kappa shape index (κ3) is 13.7. The Balaban J connectivity index is 0. The minimum atomic E-state index is -0.608. The third-order valence-corrected chi connectivity index (χ3v) is 3.46. The Hall–Kier alpha value is -2.52. The third-order valence-electron chi connectivity index (χ3n) is 3.46. The monoisotopic (exact) mass is 459 g/mol. The van der Waals surface area contributed by atoms with Gasteiger partial charge in [0.15, 0.2) is 0 Å². The molecule has 0 bridgehead atoms. The molecular weight excluding hydrogens is 414 g/mol. The molecule has 0 aromatic rings. The second kappa shape index (κ2) is 15.3. The first-order chi connectivity index (χ1) is 14.5. The highest BCUT2D eigenvalue weighted by Crippen LogP contribution is 2.05. The summed E-state index contributed by atoms with van der Waals surface area (Å²) in [7, 11) is 0. The minimum Gasteiger partial charge on any atom is -0.446 e. The van der Waals surface area contributed by atoms with Gasteiger partial charge in [-0.25, -0.2) is 29.0 Å². The highest BCUT2D eigenvalue weighted by Gasteiger charge is 2.27. The predicted octanol–water partition coefficient (Wildman–Crippen LogP) is 4.29. The summed E-state index contributed by atoms with van der Waals surface area (Å²) in [6, 6.07) is -1.52. The summed E-state index contributed by atoms with van der Waals surface area (Å²) in [5.74, 6) is 0. The van der Waals surface area contributed by atoms with Crippen LogP contribution in [-0.2, 0) is 4.74 Å². The van der Waals surface area contributed by atoms with Crippen molar-refractivity contribution in [1.29, 1.82) is 0 Å². The Morgan fingerprint density at radius 1 is 0.531 bits per heavy atom. The smallest absolute Gasteiger partial charge is 0.418 e. The van der Waals surface area contributed by atoms with Crippen molar-refractivity contribution in [3.63, 3.8) is 0 Å². The van der Waals surface area contributed by atoms with Crippen LogP contribution in [0.4, 0.5) is 19.2 Å². The first-order valence-electron chi connectivity index (χ1n) is 11.2. The number of urea groups is 3. The molecule has 10 heteroatoms. The van der Waals surface area contributed by atoms with Crippen molar-refractivity contribution in [1.82, 2.24) is 25.8 Å². The molecule has 0 saturated heterocycles. The first-order valence-corrected chi connectivity index (χ1v) is 11.2. The van der Waals surface area contributed by atoms with Crippen LogP contribution in [0, 0.1) is 0 Å². The van der Waals surface area contributed by atoms with Gasteiger partial charge in [-0.2, -0.15) is 0 Å². The second-order valence-corrected chi connectivity index (χ2v) is 9.17. The molecular formula is C22H45N5O5.